The van der Waals surface area contributed by atoms with Crippen LogP contribution in [0.4, 0.5) is 0 Å². The first kappa shape index (κ1) is 16.1. The summed E-state index contributed by atoms with van der Waals surface area (Å²) in [5.74, 6) is 0.951. The number of ether oxygens (including phenoxy) is 2. The van der Waals surface area contributed by atoms with Gasteiger partial charge in [-0.1, -0.05) is 0 Å². The van der Waals surface area contributed by atoms with Gasteiger partial charge in [-0.25, -0.2) is 0 Å². The summed E-state index contributed by atoms with van der Waals surface area (Å²) < 4.78 is 11.4. The van der Waals surface area contributed by atoms with Gasteiger partial charge in [0.25, 0.3) is 0 Å². The number of nitrogens with zero attached hydrogens (tertiary/aromatic N) is 1. The van der Waals surface area contributed by atoms with Gasteiger partial charge in [-0.05, 0) is 38.2 Å². The Balaban J connectivity index is 1.80. The van der Waals surface area contributed by atoms with E-state index in [1.807, 2.05) is 18.1 Å². The van der Waals surface area contributed by atoms with Crippen LogP contribution in [-0.2, 0) is 14.3 Å². The van der Waals surface area contributed by atoms with Crippen LogP contribution in [0.15, 0.2) is 0 Å². The maximum absolute atomic E-state index is 12.2. The lowest BCUT2D eigenvalue weighted by molar-refractivity contribution is -0.191. The second-order valence-corrected chi connectivity index (χ2v) is 6.69. The first-order chi connectivity index (χ1) is 9.57. The number of rotatable bonds is 5. The zero-order chi connectivity index (χ0) is 14.6. The number of hydrogen-bond acceptors (Lipinski definition) is 5. The summed E-state index contributed by atoms with van der Waals surface area (Å²) in [4.78, 5) is 14.1. The van der Waals surface area contributed by atoms with Crippen LogP contribution in [0.5, 0.6) is 0 Å². The van der Waals surface area contributed by atoms with E-state index in [1.165, 1.54) is 0 Å². The highest BCUT2D eigenvalue weighted by Gasteiger charge is 2.41. The molecule has 0 aliphatic carbocycles. The molecule has 0 saturated carbocycles. The molecule has 1 atom stereocenters. The largest absolute Gasteiger partial charge is 0.348 e. The molecule has 2 N–H and O–H groups in total. The molecule has 1 unspecified atom stereocenters. The molecule has 2 fully saturated rings. The monoisotopic (exact) mass is 302 g/mol. The first-order valence-electron chi connectivity index (χ1n) is 7.38. The number of hydrogen-bond donors (Lipinski definition) is 1. The summed E-state index contributed by atoms with van der Waals surface area (Å²) in [6.45, 7) is 4.90. The third kappa shape index (κ3) is 3.67. The molecule has 116 valence electrons. The molecule has 2 rings (SSSR count). The Hall–Kier alpha value is -0.300. The van der Waals surface area contributed by atoms with E-state index in [9.17, 15) is 4.79 Å². The normalized spacial score (nSPS) is 24.9. The molecule has 2 aliphatic rings. The van der Waals surface area contributed by atoms with Gasteiger partial charge >= 0.3 is 0 Å². The van der Waals surface area contributed by atoms with Gasteiger partial charge in [0.1, 0.15) is 0 Å². The van der Waals surface area contributed by atoms with Gasteiger partial charge in [-0.3, -0.25) is 4.79 Å². The fourth-order valence-corrected chi connectivity index (χ4v) is 3.48. The lowest BCUT2D eigenvalue weighted by Gasteiger charge is -2.39. The van der Waals surface area contributed by atoms with E-state index >= 15 is 0 Å². The average Bonchev–Trinajstić information content (AvgIpc) is 2.92. The highest BCUT2D eigenvalue weighted by molar-refractivity contribution is 7.98. The number of carbonyl (C=O) groups excluding carboxylic acids is 1. The average molecular weight is 302 g/mol. The third-order valence-corrected chi connectivity index (χ3v) is 5.00. The van der Waals surface area contributed by atoms with Crippen LogP contribution in [0.2, 0.25) is 0 Å². The van der Waals surface area contributed by atoms with Crippen molar-refractivity contribution in [2.45, 2.75) is 38.0 Å². The first-order valence-corrected chi connectivity index (χ1v) is 8.77. The Kier molecular flexibility index (Phi) is 5.72. The summed E-state index contributed by atoms with van der Waals surface area (Å²) in [5.41, 5.74) is 5.96. The molecule has 0 spiro atoms. The van der Waals surface area contributed by atoms with E-state index in [0.29, 0.717) is 19.1 Å². The molecule has 20 heavy (non-hydrogen) atoms. The van der Waals surface area contributed by atoms with Crippen LogP contribution < -0.4 is 5.73 Å². The van der Waals surface area contributed by atoms with E-state index in [1.54, 1.807) is 11.8 Å². The van der Waals surface area contributed by atoms with Gasteiger partial charge < -0.3 is 20.1 Å². The Labute approximate surface area is 125 Å². The zero-order valence-corrected chi connectivity index (χ0v) is 13.3. The Morgan fingerprint density at radius 1 is 1.40 bits per heavy atom. The molecule has 0 aromatic rings. The summed E-state index contributed by atoms with van der Waals surface area (Å²) in [5, 5.41) is 0. The zero-order valence-electron chi connectivity index (χ0n) is 12.5. The third-order valence-electron chi connectivity index (χ3n) is 4.36. The van der Waals surface area contributed by atoms with Crippen molar-refractivity contribution in [1.82, 2.24) is 4.90 Å². The van der Waals surface area contributed by atoms with Gasteiger partial charge in [0.05, 0.1) is 19.3 Å². The maximum atomic E-state index is 12.2. The molecular formula is C14H26N2O3S. The van der Waals surface area contributed by atoms with E-state index < -0.39 is 5.79 Å². The summed E-state index contributed by atoms with van der Waals surface area (Å²) >= 11 is 1.73. The van der Waals surface area contributed by atoms with Gasteiger partial charge in [-0.2, -0.15) is 11.8 Å². The Bertz CT molecular complexity index is 326. The molecule has 0 aromatic heterocycles. The van der Waals surface area contributed by atoms with Crippen LogP contribution in [0.3, 0.4) is 0 Å². The second-order valence-electron chi connectivity index (χ2n) is 5.70. The van der Waals surface area contributed by atoms with Gasteiger partial charge in [0.2, 0.25) is 5.91 Å². The van der Waals surface area contributed by atoms with Crippen LogP contribution >= 0.6 is 11.8 Å². The van der Waals surface area contributed by atoms with Crippen LogP contribution in [-0.4, -0.2) is 60.9 Å². The van der Waals surface area contributed by atoms with E-state index in [-0.39, 0.29) is 11.9 Å². The molecule has 2 heterocycles. The van der Waals surface area contributed by atoms with Crippen molar-refractivity contribution in [2.24, 2.45) is 11.7 Å². The van der Waals surface area contributed by atoms with Crippen LogP contribution in [0.25, 0.3) is 0 Å². The topological polar surface area (TPSA) is 64.8 Å². The van der Waals surface area contributed by atoms with Crippen molar-refractivity contribution in [3.8, 4) is 0 Å². The highest BCUT2D eigenvalue weighted by atomic mass is 32.2. The van der Waals surface area contributed by atoms with Crippen molar-refractivity contribution in [3.05, 3.63) is 0 Å². The Morgan fingerprint density at radius 3 is 2.55 bits per heavy atom. The Morgan fingerprint density at radius 2 is 2.00 bits per heavy atom. The van der Waals surface area contributed by atoms with Gasteiger partial charge in [0.15, 0.2) is 5.79 Å². The molecule has 2 saturated heterocycles. The fraction of sp³-hybridized carbons (Fsp3) is 0.929. The lowest BCUT2D eigenvalue weighted by atomic mass is 9.89. The SMILES string of the molecule is CSCCC(N)C(=O)N1CCC(C2(C)OCCO2)CC1. The van der Waals surface area contributed by atoms with Crippen molar-refractivity contribution in [2.75, 3.05) is 38.3 Å². The molecule has 0 radical (unpaired) electrons. The number of piperidine rings is 1. The summed E-state index contributed by atoms with van der Waals surface area (Å²) in [6, 6.07) is -0.353. The fourth-order valence-electron chi connectivity index (χ4n) is 2.99. The van der Waals surface area contributed by atoms with Gasteiger partial charge in [0, 0.05) is 19.0 Å². The summed E-state index contributed by atoms with van der Waals surface area (Å²) in [6.07, 6.45) is 4.64. The molecule has 0 bridgehead atoms. The van der Waals surface area contributed by atoms with E-state index in [4.69, 9.17) is 15.2 Å². The minimum atomic E-state index is -0.448. The number of nitrogens with two attached hydrogens (primary N) is 1. The van der Waals surface area contributed by atoms with E-state index in [2.05, 4.69) is 0 Å². The minimum absolute atomic E-state index is 0.0934. The smallest absolute Gasteiger partial charge is 0.239 e. The van der Waals surface area contributed by atoms with E-state index in [0.717, 1.165) is 38.1 Å². The number of amides is 1. The van der Waals surface area contributed by atoms with Crippen LogP contribution in [0.1, 0.15) is 26.2 Å². The molecule has 5 nitrogen and oxygen atoms in total. The summed E-state index contributed by atoms with van der Waals surface area (Å²) in [7, 11) is 0. The number of thioether (sulfide) groups is 1. The number of likely N-dealkylation sites (tertiary alicyclic amines) is 1. The molecule has 1 amide bonds. The standard InChI is InChI=1S/C14H26N2O3S/c1-14(18-8-9-19-14)11-3-6-16(7-4-11)13(17)12(15)5-10-20-2/h11-12H,3-10,15H2,1-2H3. The molecule has 2 aliphatic heterocycles. The number of carbonyl (C=O) groups is 1. The molecular weight excluding hydrogens is 276 g/mol. The predicted molar refractivity (Wildman–Crippen MR) is 80.6 cm³/mol. The predicted octanol–water partition coefficient (Wildman–Crippen LogP) is 1.07. The quantitative estimate of drug-likeness (QED) is 0.823. The maximum Gasteiger partial charge on any atom is 0.239 e. The van der Waals surface area contributed by atoms with Crippen molar-refractivity contribution < 1.29 is 14.3 Å². The van der Waals surface area contributed by atoms with Crippen molar-refractivity contribution >= 4 is 17.7 Å². The highest BCUT2D eigenvalue weighted by Crippen LogP contribution is 2.35. The van der Waals surface area contributed by atoms with Crippen LogP contribution in [0, 0.1) is 5.92 Å². The lowest BCUT2D eigenvalue weighted by Crippen LogP contribution is -2.50. The molecule has 6 heteroatoms. The minimum Gasteiger partial charge on any atom is -0.348 e. The second kappa shape index (κ2) is 7.11. The van der Waals surface area contributed by atoms with Crippen molar-refractivity contribution in [3.63, 3.8) is 0 Å². The van der Waals surface area contributed by atoms with Crippen molar-refractivity contribution in [1.29, 1.82) is 0 Å². The van der Waals surface area contributed by atoms with Gasteiger partial charge in [-0.15, -0.1) is 0 Å². The molecule has 0 aromatic carbocycles.